The van der Waals surface area contributed by atoms with Crippen LogP contribution in [0.15, 0.2) is 121 Å². The Hall–Kier alpha value is -11.8. The molecule has 0 aliphatic carbocycles. The van der Waals surface area contributed by atoms with Gasteiger partial charge in [0, 0.05) is 112 Å². The van der Waals surface area contributed by atoms with E-state index in [4.69, 9.17) is 20.9 Å². The van der Waals surface area contributed by atoms with Crippen LogP contribution in [0.25, 0.3) is 21.7 Å². The van der Waals surface area contributed by atoms with Crippen molar-refractivity contribution < 1.29 is 102 Å². The molecule has 2 fully saturated rings. The summed E-state index contributed by atoms with van der Waals surface area (Å²) in [7, 11) is 3.37. The van der Waals surface area contributed by atoms with E-state index in [9.17, 15) is 63.6 Å². The van der Waals surface area contributed by atoms with Gasteiger partial charge >= 0.3 is 5.97 Å². The lowest BCUT2D eigenvalue weighted by Gasteiger charge is -2.39. The van der Waals surface area contributed by atoms with E-state index in [0.717, 1.165) is 37.4 Å². The van der Waals surface area contributed by atoms with Crippen LogP contribution >= 0.6 is 21.6 Å². The molecule has 38 nitrogen and oxygen atoms in total. The minimum absolute atomic E-state index is 0.127. The minimum Gasteiger partial charge on any atom is -0.492 e. The minimum atomic E-state index is -2.04. The van der Waals surface area contributed by atoms with Crippen molar-refractivity contribution in [1.82, 2.24) is 79.0 Å². The lowest BCUT2D eigenvalue weighted by molar-refractivity contribution is -0.142. The van der Waals surface area contributed by atoms with Gasteiger partial charge in [0.15, 0.2) is 0 Å². The Labute approximate surface area is 755 Å². The van der Waals surface area contributed by atoms with Gasteiger partial charge in [-0.2, -0.15) is 0 Å². The highest BCUT2D eigenvalue weighted by atomic mass is 33.1. The molecule has 0 unspecified atom stereocenters. The van der Waals surface area contributed by atoms with Crippen molar-refractivity contribution in [3.05, 3.63) is 149 Å². The predicted octanol–water partition coefficient (Wildman–Crippen LogP) is -0.838. The smallest absolute Gasteiger partial charge is 0.303 e. The van der Waals surface area contributed by atoms with Gasteiger partial charge in [0.05, 0.1) is 25.9 Å². The normalized spacial score (nSPS) is 20.0. The molecule has 3 heterocycles. The number of aliphatic carboxylic acids is 1. The number of fused-ring (bicyclic) bond motifs is 2. The molecule has 0 radical (unpaired) electrons. The molecule has 0 saturated carbocycles. The molecule has 0 bridgehead atoms. The first-order valence-corrected chi connectivity index (χ1v) is 44.9. The summed E-state index contributed by atoms with van der Waals surface area (Å²) in [6.45, 7) is 10.2. The number of hydrogen-bond donors (Lipinski definition) is 20. The second-order valence-electron chi connectivity index (χ2n) is 33.2. The number of carboxylic acids is 1. The van der Waals surface area contributed by atoms with E-state index in [1.807, 2.05) is 31.2 Å². The number of benzene rings is 5. The molecule has 2 saturated heterocycles. The fraction of sp³-hybridized carbons (Fsp3) is 0.494. The number of nitrogens with one attached hydrogen (secondary N) is 14. The molecule has 1 aromatic heterocycles. The van der Waals surface area contributed by atoms with Gasteiger partial charge in [-0.1, -0.05) is 132 Å². The average Bonchev–Trinajstić information content (AvgIpc) is 1.77. The number of carbonyl (C=O) groups excluding carboxylic acids is 14. The van der Waals surface area contributed by atoms with Crippen LogP contribution in [-0.4, -0.2) is 273 Å². The van der Waals surface area contributed by atoms with E-state index in [2.05, 4.69) is 74.1 Å². The molecule has 22 N–H and O–H groups in total. The first kappa shape index (κ1) is 103. The molecule has 129 heavy (non-hydrogen) atoms. The molecule has 5 aromatic carbocycles. The Morgan fingerprint density at radius 2 is 1.23 bits per heavy atom. The van der Waals surface area contributed by atoms with Gasteiger partial charge in [-0.15, -0.1) is 0 Å². The number of nitrogens with two attached hydrogens (primary N) is 2. The molecule has 14 amide bonds. The Kier molecular flexibility index (Phi) is 38.6. The van der Waals surface area contributed by atoms with Crippen LogP contribution in [0, 0.1) is 6.92 Å². The average molecular weight is 1830 g/mol. The van der Waals surface area contributed by atoms with E-state index < -0.39 is 203 Å². The van der Waals surface area contributed by atoms with Gasteiger partial charge in [-0.05, 0) is 124 Å². The van der Waals surface area contributed by atoms with Gasteiger partial charge < -0.3 is 120 Å². The van der Waals surface area contributed by atoms with Gasteiger partial charge in [-0.25, -0.2) is 0 Å². The summed E-state index contributed by atoms with van der Waals surface area (Å²) in [5.74, 6) is -14.3. The largest absolute Gasteiger partial charge is 0.492 e. The summed E-state index contributed by atoms with van der Waals surface area (Å²) in [4.78, 5) is 222. The van der Waals surface area contributed by atoms with Gasteiger partial charge in [0.1, 0.15) is 84.4 Å². The van der Waals surface area contributed by atoms with Gasteiger partial charge in [-0.3, -0.25) is 71.9 Å². The number of para-hydroxylation sites is 1. The van der Waals surface area contributed by atoms with Crippen LogP contribution in [0.5, 0.6) is 5.75 Å². The number of ether oxygens (including phenoxy) is 2. The molecule has 6 aromatic rings. The SMILES string of the molecule is CCN[C@@H]1C(=O)N[C@@H](CO)C(=O)N[C@@H]([C@@H](C)O)C(=O)N[C@@H](Cc2c[nH]c3c(C)cccc23)C(=O)N[C@@H](CCCCNC(C)=O)C(=O)N[C@H](C(=O)N[C@@H](Cc2ccc(OCCN)cc2)C(=O)N[C@@H](Cc2ccc3ccccc3c2)C(=O)NC2(C(=O)N[C@@H](CCC(=O)O)C(=O)N[C@@H](CO)C(=O)N[C@@H](Cc3ccccc3)C(=O)N(C)CC(N)=O)CCOCC2)C(C)(C)SSC1(C)C. The number of aromatic nitrogens is 1. The third-order valence-electron chi connectivity index (χ3n) is 22.1. The molecule has 700 valence electrons. The van der Waals surface area contributed by atoms with Crippen LogP contribution in [0.1, 0.15) is 121 Å². The topological polar surface area (TPSA) is 583 Å². The third kappa shape index (κ3) is 29.9. The van der Waals surface area contributed by atoms with Crippen molar-refractivity contribution in [2.75, 3.05) is 66.3 Å². The number of carboxylic acid groups (broad SMARTS) is 1. The zero-order chi connectivity index (χ0) is 94.5. The third-order valence-corrected chi connectivity index (χ3v) is 26.4. The van der Waals surface area contributed by atoms with Gasteiger partial charge in [0.25, 0.3) is 0 Å². The van der Waals surface area contributed by atoms with Crippen molar-refractivity contribution in [1.29, 1.82) is 0 Å². The number of hydrogen-bond acceptors (Lipinski definition) is 24. The molecule has 12 atom stereocenters. The molecule has 8 rings (SSSR count). The van der Waals surface area contributed by atoms with Crippen molar-refractivity contribution in [2.45, 2.75) is 214 Å². The fourth-order valence-corrected chi connectivity index (χ4v) is 17.8. The van der Waals surface area contributed by atoms with Crippen molar-refractivity contribution in [2.24, 2.45) is 11.5 Å². The highest BCUT2D eigenvalue weighted by Gasteiger charge is 2.48. The van der Waals surface area contributed by atoms with E-state index in [-0.39, 0.29) is 103 Å². The molecule has 0 spiro atoms. The summed E-state index contributed by atoms with van der Waals surface area (Å²) < 4.78 is 8.69. The lowest BCUT2D eigenvalue weighted by atomic mass is 9.87. The first-order chi connectivity index (χ1) is 61.3. The number of aliphatic hydroxyl groups excluding tert-OH is 3. The number of primary amides is 1. The highest BCUT2D eigenvalue weighted by molar-refractivity contribution is 8.77. The number of aryl methyl sites for hydroxylation is 1. The molecule has 2 aliphatic rings. The van der Waals surface area contributed by atoms with Crippen LogP contribution in [-0.2, 0) is 102 Å². The van der Waals surface area contributed by atoms with Gasteiger partial charge in [0.2, 0.25) is 82.7 Å². The Morgan fingerprint density at radius 1 is 0.643 bits per heavy atom. The summed E-state index contributed by atoms with van der Waals surface area (Å²) in [6, 6.07) is 14.6. The molecule has 2 aliphatic heterocycles. The first-order valence-electron chi connectivity index (χ1n) is 42.7. The standard InChI is InChI=1S/C89H121N17O21S2/c1-10-92-73-83(122)101-68(49-108)80(119)103-72(51(3)109)82(121)97-65(45-58-46-94-71-50(2)19-18-24-60(58)71)78(117)95-61(25-16-17-37-93-52(4)110)76(115)104-74(88(7,8)129-128-87(73,5)6)84(123)98-63(42-54-27-30-59(31-28-54)127-40-36-90)77(116)96-64(44-55-26-29-56-22-14-15-23-57(56)41-55)81(120)105-89(34-38-126-39-35-89)86(125)102-62(32-33-70(112)113)75(114)100-67(48-107)79(118)99-66(43-53-20-12-11-13-21-53)85(124)106(9)47-69(91)111/h11-15,18-24,26-31,41,46,51,61-68,72-74,92,94,107-109H,10,16-17,25,32-40,42-45,47-49,90H2,1-9H3,(H2,91,111)(H,93,110)(H,95,117)(H,96,116)(H,97,121)(H,98,123)(H,99,118)(H,100,114)(H,101,122)(H,102,125)(H,103,119)(H,104,115)(H,105,120)(H,112,113)/t51-,61+,62+,63+,64+,65+,66+,67+,68+,72+,73-,74-/m1/s1. The number of unbranched alkanes of at least 4 members (excludes halogenated alkanes) is 1. The summed E-state index contributed by atoms with van der Waals surface area (Å²) in [5.41, 5.74) is 12.6. The number of aliphatic hydroxyl groups is 3. The second-order valence-corrected chi connectivity index (χ2v) is 36.6. The Balaban J connectivity index is 1.20. The van der Waals surface area contributed by atoms with Crippen molar-refractivity contribution in [3.63, 3.8) is 0 Å². The predicted molar refractivity (Wildman–Crippen MR) is 482 cm³/mol. The maximum atomic E-state index is 16.3. The number of amides is 14. The Bertz CT molecular complexity index is 4940. The second kappa shape index (κ2) is 48.6. The van der Waals surface area contributed by atoms with Crippen molar-refractivity contribution in [3.8, 4) is 5.75 Å². The van der Waals surface area contributed by atoms with Crippen LogP contribution in [0.3, 0.4) is 0 Å². The molecular formula is C89H121N17O21S2. The van der Waals surface area contributed by atoms with Crippen molar-refractivity contribution >= 4 is 132 Å². The van der Waals surface area contributed by atoms with Crippen LogP contribution < -0.4 is 85.3 Å². The fourth-order valence-electron chi connectivity index (χ4n) is 14.9. The summed E-state index contributed by atoms with van der Waals surface area (Å²) in [6.07, 6.45) is -2.87. The van der Waals surface area contributed by atoms with Crippen LogP contribution in [0.4, 0.5) is 0 Å². The van der Waals surface area contributed by atoms with Crippen LogP contribution in [0.2, 0.25) is 0 Å². The number of nitrogens with zero attached hydrogens (tertiary/aromatic N) is 1. The number of likely N-dealkylation sites (N-methyl/N-ethyl adjacent to an activating group) is 2. The summed E-state index contributed by atoms with van der Waals surface area (Å²) >= 11 is 0. The Morgan fingerprint density at radius 3 is 1.88 bits per heavy atom. The molecular weight excluding hydrogens is 1710 g/mol. The van der Waals surface area contributed by atoms with E-state index in [1.165, 1.54) is 20.9 Å². The maximum Gasteiger partial charge on any atom is 0.303 e. The van der Waals surface area contributed by atoms with E-state index in [1.54, 1.807) is 132 Å². The quantitative estimate of drug-likeness (QED) is 0.0165. The monoisotopic (exact) mass is 1830 g/mol. The number of H-pyrrole nitrogens is 1. The number of aromatic amines is 1. The zero-order valence-corrected chi connectivity index (χ0v) is 75.4. The van der Waals surface area contributed by atoms with E-state index >= 15 is 28.8 Å². The number of rotatable bonds is 39. The maximum absolute atomic E-state index is 16.3. The lowest BCUT2D eigenvalue weighted by Crippen LogP contribution is -2.67. The number of carbonyl (C=O) groups is 15. The molecule has 40 heteroatoms. The zero-order valence-electron chi connectivity index (χ0n) is 73.8. The van der Waals surface area contributed by atoms with E-state index in [0.29, 0.717) is 44.3 Å². The summed E-state index contributed by atoms with van der Waals surface area (Å²) in [5, 5.41) is 80.2. The highest BCUT2D eigenvalue weighted by Crippen LogP contribution is 2.47.